The number of hydrogen-bond acceptors (Lipinski definition) is 4. The monoisotopic (exact) mass is 990 g/mol. The predicted octanol–water partition coefficient (Wildman–Crippen LogP) is 20.7. The van der Waals surface area contributed by atoms with E-state index in [0.717, 1.165) is 80.1 Å². The summed E-state index contributed by atoms with van der Waals surface area (Å²) in [5.74, 6) is 0.447. The maximum atomic E-state index is 2.42. The van der Waals surface area contributed by atoms with Crippen LogP contribution in [-0.4, -0.2) is 0 Å². The summed E-state index contributed by atoms with van der Waals surface area (Å²) >= 11 is 0. The van der Waals surface area contributed by atoms with Crippen LogP contribution in [0.4, 0.5) is 62.6 Å². The van der Waals surface area contributed by atoms with Crippen LogP contribution in [0.25, 0.3) is 33.4 Å². The first-order chi connectivity index (χ1) is 38.1. The highest BCUT2D eigenvalue weighted by molar-refractivity contribution is 5.83. The van der Waals surface area contributed by atoms with Crippen LogP contribution in [0.5, 0.6) is 0 Å². The van der Waals surface area contributed by atoms with Crippen molar-refractivity contribution in [3.05, 3.63) is 321 Å². The van der Waals surface area contributed by atoms with Gasteiger partial charge in [0, 0.05) is 68.3 Å². The molecule has 1 aliphatic carbocycles. The van der Waals surface area contributed by atoms with E-state index in [9.17, 15) is 0 Å². The van der Waals surface area contributed by atoms with Crippen LogP contribution < -0.4 is 19.6 Å². The molecule has 0 heterocycles. The number of nitrogens with zero attached hydrogens (tertiary/aromatic N) is 4. The zero-order chi connectivity index (χ0) is 51.8. The molecule has 0 spiro atoms. The van der Waals surface area contributed by atoms with Crippen molar-refractivity contribution < 1.29 is 0 Å². The second-order valence-corrected chi connectivity index (χ2v) is 19.5. The summed E-state index contributed by atoms with van der Waals surface area (Å²) in [6.45, 7) is 2.29. The molecule has 0 unspecified atom stereocenters. The third-order valence-corrected chi connectivity index (χ3v) is 14.4. The summed E-state index contributed by atoms with van der Waals surface area (Å²) in [6.07, 6.45) is 7.72. The maximum Gasteiger partial charge on any atom is 0.0462 e. The van der Waals surface area contributed by atoms with Gasteiger partial charge in [-0.25, -0.2) is 0 Å². The van der Waals surface area contributed by atoms with E-state index in [0.29, 0.717) is 5.92 Å². The first-order valence-corrected chi connectivity index (χ1v) is 26.5. The molecule has 0 N–H and O–H groups in total. The van der Waals surface area contributed by atoms with Gasteiger partial charge in [-0.1, -0.05) is 183 Å². The van der Waals surface area contributed by atoms with E-state index in [4.69, 9.17) is 0 Å². The minimum absolute atomic E-state index is 0.447. The van der Waals surface area contributed by atoms with E-state index >= 15 is 0 Å². The topological polar surface area (TPSA) is 13.0 Å². The molecule has 12 rings (SSSR count). The summed E-state index contributed by atoms with van der Waals surface area (Å²) in [6, 6.07) is 106. The largest absolute Gasteiger partial charge is 0.314 e. The minimum Gasteiger partial charge on any atom is -0.314 e. The summed E-state index contributed by atoms with van der Waals surface area (Å²) in [5, 5.41) is 0. The van der Waals surface area contributed by atoms with Crippen LogP contribution in [-0.2, 0) is 0 Å². The van der Waals surface area contributed by atoms with Crippen LogP contribution in [0.15, 0.2) is 321 Å². The SMILES string of the molecule is C[C@H]1C=CC=C(N(c2ccc(-c3ccc(N(c4ccccc4)c4ccccc4)cc3)cc2)c2ccc(-c3ccc(N(c4ccccc4)c4ccc(-c5ccc(N(c6ccccc6)c6ccccc6)cc5)cc4)cc3)cc2)C1. The molecular weight excluding hydrogens is 933 g/mol. The lowest BCUT2D eigenvalue weighted by Gasteiger charge is -2.30. The molecule has 4 heteroatoms. The van der Waals surface area contributed by atoms with Crippen molar-refractivity contribution in [3.63, 3.8) is 0 Å². The highest BCUT2D eigenvalue weighted by Gasteiger charge is 2.20. The minimum atomic E-state index is 0.447. The van der Waals surface area contributed by atoms with Crippen LogP contribution >= 0.6 is 0 Å². The number of para-hydroxylation sites is 5. The number of allylic oxidation sites excluding steroid dienone is 4. The lowest BCUT2D eigenvalue weighted by Crippen LogP contribution is -2.19. The fraction of sp³-hybridized carbons (Fsp3) is 0.0411. The Labute approximate surface area is 453 Å². The Morgan fingerprint density at radius 3 is 0.636 bits per heavy atom. The smallest absolute Gasteiger partial charge is 0.0462 e. The van der Waals surface area contributed by atoms with Gasteiger partial charge in [-0.05, 0) is 185 Å². The Hall–Kier alpha value is -9.90. The lowest BCUT2D eigenvalue weighted by atomic mass is 9.97. The number of benzene rings is 11. The van der Waals surface area contributed by atoms with Gasteiger partial charge in [0.15, 0.2) is 0 Å². The van der Waals surface area contributed by atoms with Gasteiger partial charge in [-0.3, -0.25) is 0 Å². The van der Waals surface area contributed by atoms with Gasteiger partial charge < -0.3 is 19.6 Å². The van der Waals surface area contributed by atoms with E-state index < -0.39 is 0 Å². The molecule has 0 saturated carbocycles. The third-order valence-electron chi connectivity index (χ3n) is 14.4. The molecule has 11 aromatic rings. The van der Waals surface area contributed by atoms with Gasteiger partial charge in [-0.2, -0.15) is 0 Å². The molecule has 0 fully saturated rings. The van der Waals surface area contributed by atoms with Gasteiger partial charge in [0.05, 0.1) is 0 Å². The molecule has 370 valence electrons. The number of hydrogen-bond donors (Lipinski definition) is 0. The van der Waals surface area contributed by atoms with Crippen LogP contribution in [0.3, 0.4) is 0 Å². The van der Waals surface area contributed by atoms with Crippen molar-refractivity contribution in [2.24, 2.45) is 5.92 Å². The molecule has 0 saturated heterocycles. The fourth-order valence-electron chi connectivity index (χ4n) is 10.5. The Morgan fingerprint density at radius 1 is 0.234 bits per heavy atom. The molecule has 0 aromatic heterocycles. The molecule has 4 nitrogen and oxygen atoms in total. The van der Waals surface area contributed by atoms with E-state index in [2.05, 4.69) is 342 Å². The van der Waals surface area contributed by atoms with Crippen molar-refractivity contribution in [2.45, 2.75) is 13.3 Å². The molecular formula is C73H58N4. The molecule has 0 aliphatic heterocycles. The van der Waals surface area contributed by atoms with Gasteiger partial charge in [0.1, 0.15) is 0 Å². The van der Waals surface area contributed by atoms with Crippen molar-refractivity contribution in [3.8, 4) is 33.4 Å². The highest BCUT2D eigenvalue weighted by Crippen LogP contribution is 2.41. The standard InChI is InChI=1S/C73H58N4/c1-55-18-17-29-73(54-55)77(71-50-38-60(39-51-71)57-32-44-68(45-33-57)75(64-23-11-4-12-24-64)65-25-13-5-14-26-65)72-52-40-61(41-53-72)59-36-48-70(49-37-59)76(66-27-15-6-16-28-66)69-46-34-58(35-47-69)56-30-42-67(43-31-56)74(62-19-7-2-8-20-62)63-21-9-3-10-22-63/h2-53,55H,54H2,1H3/t55-/m0/s1. The van der Waals surface area contributed by atoms with Gasteiger partial charge in [0.2, 0.25) is 0 Å². The second kappa shape index (κ2) is 22.3. The van der Waals surface area contributed by atoms with E-state index in [1.165, 1.54) is 28.0 Å². The summed E-state index contributed by atoms with van der Waals surface area (Å²) < 4.78 is 0. The molecule has 0 amide bonds. The van der Waals surface area contributed by atoms with E-state index in [-0.39, 0.29) is 0 Å². The van der Waals surface area contributed by atoms with Gasteiger partial charge in [-0.15, -0.1) is 0 Å². The van der Waals surface area contributed by atoms with Crippen LogP contribution in [0, 0.1) is 5.92 Å². The van der Waals surface area contributed by atoms with Crippen molar-refractivity contribution >= 4 is 62.6 Å². The average molecular weight is 991 g/mol. The molecule has 1 atom stereocenters. The average Bonchev–Trinajstić information content (AvgIpc) is 3.51. The van der Waals surface area contributed by atoms with Crippen LogP contribution in [0.1, 0.15) is 13.3 Å². The van der Waals surface area contributed by atoms with E-state index in [1.54, 1.807) is 0 Å². The Balaban J connectivity index is 0.777. The van der Waals surface area contributed by atoms with Crippen molar-refractivity contribution in [1.82, 2.24) is 0 Å². The Bertz CT molecular complexity index is 3630. The fourth-order valence-corrected chi connectivity index (χ4v) is 10.5. The molecule has 0 bridgehead atoms. The highest BCUT2D eigenvalue weighted by atomic mass is 15.2. The first-order valence-electron chi connectivity index (χ1n) is 26.5. The van der Waals surface area contributed by atoms with Gasteiger partial charge in [0.25, 0.3) is 0 Å². The van der Waals surface area contributed by atoms with Crippen LogP contribution in [0.2, 0.25) is 0 Å². The quantitative estimate of drug-likeness (QED) is 0.101. The van der Waals surface area contributed by atoms with Crippen molar-refractivity contribution in [2.75, 3.05) is 19.6 Å². The maximum absolute atomic E-state index is 2.42. The zero-order valence-corrected chi connectivity index (χ0v) is 43.1. The van der Waals surface area contributed by atoms with E-state index in [1.807, 2.05) is 0 Å². The Morgan fingerprint density at radius 2 is 0.429 bits per heavy atom. The summed E-state index contributed by atoms with van der Waals surface area (Å²) in [4.78, 5) is 9.34. The third kappa shape index (κ3) is 10.6. The lowest BCUT2D eigenvalue weighted by molar-refractivity contribution is 0.696. The predicted molar refractivity (Wildman–Crippen MR) is 326 cm³/mol. The normalized spacial score (nSPS) is 12.8. The summed E-state index contributed by atoms with van der Waals surface area (Å²) in [7, 11) is 0. The number of rotatable bonds is 15. The Kier molecular flexibility index (Phi) is 13.9. The molecule has 77 heavy (non-hydrogen) atoms. The van der Waals surface area contributed by atoms with Gasteiger partial charge >= 0.3 is 0 Å². The van der Waals surface area contributed by atoms with Crippen molar-refractivity contribution in [1.29, 1.82) is 0 Å². The molecule has 0 radical (unpaired) electrons. The zero-order valence-electron chi connectivity index (χ0n) is 43.1. The first kappa shape index (κ1) is 48.1. The molecule has 11 aromatic carbocycles. The summed E-state index contributed by atoms with van der Waals surface area (Å²) in [5.41, 5.74) is 20.6. The molecule has 1 aliphatic rings. The number of anilines is 11. The second-order valence-electron chi connectivity index (χ2n) is 19.5.